The van der Waals surface area contributed by atoms with Gasteiger partial charge in [-0.05, 0) is 13.3 Å². The lowest BCUT2D eigenvalue weighted by molar-refractivity contribution is 0.456. The standard InChI is InChI=1S/C12H12ClN3O/c1-3-10-5-12(16-8(2)15-10)17-11-4-9(13)6-14-7-11/h4-7H,3H2,1-2H3. The lowest BCUT2D eigenvalue weighted by Crippen LogP contribution is -1.97. The largest absolute Gasteiger partial charge is 0.437 e. The first kappa shape index (κ1) is 11.8. The predicted octanol–water partition coefficient (Wildman–Crippen LogP) is 3.19. The van der Waals surface area contributed by atoms with Gasteiger partial charge in [-0.3, -0.25) is 4.98 Å². The third-order valence-electron chi connectivity index (χ3n) is 2.13. The van der Waals surface area contributed by atoms with Gasteiger partial charge in [-0.2, -0.15) is 4.98 Å². The molecule has 0 amide bonds. The van der Waals surface area contributed by atoms with Crippen molar-refractivity contribution in [2.75, 3.05) is 0 Å². The zero-order chi connectivity index (χ0) is 12.3. The summed E-state index contributed by atoms with van der Waals surface area (Å²) in [5.41, 5.74) is 0.947. The summed E-state index contributed by atoms with van der Waals surface area (Å²) in [7, 11) is 0. The zero-order valence-electron chi connectivity index (χ0n) is 9.64. The molecule has 0 unspecified atom stereocenters. The summed E-state index contributed by atoms with van der Waals surface area (Å²) in [5.74, 6) is 1.77. The van der Waals surface area contributed by atoms with Crippen molar-refractivity contribution in [1.82, 2.24) is 15.0 Å². The molecular formula is C12H12ClN3O. The molecule has 0 fully saturated rings. The molecule has 0 saturated heterocycles. The van der Waals surface area contributed by atoms with Crippen molar-refractivity contribution in [2.45, 2.75) is 20.3 Å². The van der Waals surface area contributed by atoms with Crippen LogP contribution in [0.25, 0.3) is 0 Å². The topological polar surface area (TPSA) is 47.9 Å². The first-order valence-electron chi connectivity index (χ1n) is 5.30. The number of halogens is 1. The SMILES string of the molecule is CCc1cc(Oc2cncc(Cl)c2)nc(C)n1. The maximum Gasteiger partial charge on any atom is 0.222 e. The summed E-state index contributed by atoms with van der Waals surface area (Å²) < 4.78 is 5.58. The molecule has 88 valence electrons. The fourth-order valence-electron chi connectivity index (χ4n) is 1.40. The molecule has 0 N–H and O–H groups in total. The summed E-state index contributed by atoms with van der Waals surface area (Å²) in [4.78, 5) is 12.4. The van der Waals surface area contributed by atoms with Gasteiger partial charge in [0.1, 0.15) is 11.6 Å². The second kappa shape index (κ2) is 5.10. The molecule has 2 heterocycles. The Morgan fingerprint density at radius 1 is 1.24 bits per heavy atom. The van der Waals surface area contributed by atoms with Gasteiger partial charge < -0.3 is 4.74 Å². The molecule has 0 radical (unpaired) electrons. The van der Waals surface area contributed by atoms with Crippen LogP contribution in [0.1, 0.15) is 18.4 Å². The fraction of sp³-hybridized carbons (Fsp3) is 0.250. The molecule has 0 bridgehead atoms. The van der Waals surface area contributed by atoms with E-state index in [1.54, 1.807) is 18.5 Å². The third-order valence-corrected chi connectivity index (χ3v) is 2.34. The highest BCUT2D eigenvalue weighted by Gasteiger charge is 2.04. The van der Waals surface area contributed by atoms with Crippen LogP contribution < -0.4 is 4.74 Å². The highest BCUT2D eigenvalue weighted by molar-refractivity contribution is 6.30. The highest BCUT2D eigenvalue weighted by atomic mass is 35.5. The fourth-order valence-corrected chi connectivity index (χ4v) is 1.57. The van der Waals surface area contributed by atoms with E-state index in [9.17, 15) is 0 Å². The van der Waals surface area contributed by atoms with Crippen molar-refractivity contribution in [3.63, 3.8) is 0 Å². The minimum absolute atomic E-state index is 0.512. The molecule has 2 aromatic rings. The zero-order valence-corrected chi connectivity index (χ0v) is 10.4. The first-order valence-corrected chi connectivity index (χ1v) is 5.68. The number of hydrogen-bond donors (Lipinski definition) is 0. The van der Waals surface area contributed by atoms with Crippen molar-refractivity contribution >= 4 is 11.6 Å². The monoisotopic (exact) mass is 249 g/mol. The van der Waals surface area contributed by atoms with Crippen molar-refractivity contribution in [2.24, 2.45) is 0 Å². The maximum absolute atomic E-state index is 5.83. The van der Waals surface area contributed by atoms with E-state index in [-0.39, 0.29) is 0 Å². The van der Waals surface area contributed by atoms with Crippen LogP contribution in [0, 0.1) is 6.92 Å². The first-order chi connectivity index (χ1) is 8.17. The Hall–Kier alpha value is -1.68. The van der Waals surface area contributed by atoms with E-state index >= 15 is 0 Å². The van der Waals surface area contributed by atoms with Gasteiger partial charge in [-0.15, -0.1) is 0 Å². The lowest BCUT2D eigenvalue weighted by atomic mass is 10.3. The molecule has 17 heavy (non-hydrogen) atoms. The van der Waals surface area contributed by atoms with Crippen LogP contribution in [0.15, 0.2) is 24.5 Å². The molecular weight excluding hydrogens is 238 g/mol. The summed E-state index contributed by atoms with van der Waals surface area (Å²) >= 11 is 5.83. The molecule has 0 atom stereocenters. The second-order valence-corrected chi connectivity index (χ2v) is 3.98. The Morgan fingerprint density at radius 2 is 2.06 bits per heavy atom. The van der Waals surface area contributed by atoms with Crippen molar-refractivity contribution in [3.05, 3.63) is 41.1 Å². The van der Waals surface area contributed by atoms with Crippen molar-refractivity contribution in [3.8, 4) is 11.6 Å². The van der Waals surface area contributed by atoms with Crippen LogP contribution in [0.4, 0.5) is 0 Å². The van der Waals surface area contributed by atoms with Gasteiger partial charge in [0.05, 0.1) is 11.2 Å². The minimum atomic E-state index is 0.512. The highest BCUT2D eigenvalue weighted by Crippen LogP contribution is 2.21. The summed E-state index contributed by atoms with van der Waals surface area (Å²) in [6.45, 7) is 3.87. The van der Waals surface area contributed by atoms with Gasteiger partial charge in [0.2, 0.25) is 5.88 Å². The van der Waals surface area contributed by atoms with E-state index < -0.39 is 0 Å². The number of aromatic nitrogens is 3. The smallest absolute Gasteiger partial charge is 0.222 e. The molecule has 0 aliphatic rings. The Balaban J connectivity index is 2.26. The van der Waals surface area contributed by atoms with E-state index in [0.29, 0.717) is 22.5 Å². The van der Waals surface area contributed by atoms with E-state index in [1.807, 2.05) is 19.9 Å². The molecule has 5 heteroatoms. The Morgan fingerprint density at radius 3 is 2.76 bits per heavy atom. The van der Waals surface area contributed by atoms with Crippen LogP contribution in [0.3, 0.4) is 0 Å². The summed E-state index contributed by atoms with van der Waals surface area (Å²) in [6.07, 6.45) is 3.99. The van der Waals surface area contributed by atoms with Crippen LogP contribution in [0.5, 0.6) is 11.6 Å². The van der Waals surface area contributed by atoms with Crippen molar-refractivity contribution in [1.29, 1.82) is 0 Å². The average molecular weight is 250 g/mol. The van der Waals surface area contributed by atoms with Crippen LogP contribution >= 0.6 is 11.6 Å². The van der Waals surface area contributed by atoms with Gasteiger partial charge in [-0.1, -0.05) is 18.5 Å². The van der Waals surface area contributed by atoms with Gasteiger partial charge >= 0.3 is 0 Å². The summed E-state index contributed by atoms with van der Waals surface area (Å²) in [5, 5.41) is 0.531. The molecule has 0 aliphatic heterocycles. The number of pyridine rings is 1. The van der Waals surface area contributed by atoms with Crippen LogP contribution in [-0.2, 0) is 6.42 Å². The van der Waals surface area contributed by atoms with Crippen molar-refractivity contribution < 1.29 is 4.74 Å². The van der Waals surface area contributed by atoms with Gasteiger partial charge in [0.25, 0.3) is 0 Å². The quantitative estimate of drug-likeness (QED) is 0.838. The Kier molecular flexibility index (Phi) is 3.54. The normalized spacial score (nSPS) is 10.3. The molecule has 2 rings (SSSR count). The molecule has 0 aliphatic carbocycles. The van der Waals surface area contributed by atoms with E-state index in [4.69, 9.17) is 16.3 Å². The molecule has 2 aromatic heterocycles. The Labute approximate surface area is 105 Å². The second-order valence-electron chi connectivity index (χ2n) is 3.54. The third kappa shape index (κ3) is 3.14. The minimum Gasteiger partial charge on any atom is -0.437 e. The van der Waals surface area contributed by atoms with E-state index in [0.717, 1.165) is 12.1 Å². The maximum atomic E-state index is 5.83. The van der Waals surface area contributed by atoms with Crippen LogP contribution in [-0.4, -0.2) is 15.0 Å². The van der Waals surface area contributed by atoms with E-state index in [1.165, 1.54) is 0 Å². The van der Waals surface area contributed by atoms with Gasteiger partial charge in [0.15, 0.2) is 0 Å². The average Bonchev–Trinajstić information content (AvgIpc) is 2.28. The number of aryl methyl sites for hydroxylation is 2. The molecule has 0 spiro atoms. The predicted molar refractivity (Wildman–Crippen MR) is 65.5 cm³/mol. The van der Waals surface area contributed by atoms with Gasteiger partial charge in [-0.25, -0.2) is 4.98 Å². The summed E-state index contributed by atoms with van der Waals surface area (Å²) in [6, 6.07) is 3.51. The van der Waals surface area contributed by atoms with Gasteiger partial charge in [0, 0.05) is 24.0 Å². The van der Waals surface area contributed by atoms with E-state index in [2.05, 4.69) is 15.0 Å². The van der Waals surface area contributed by atoms with Crippen LogP contribution in [0.2, 0.25) is 5.02 Å². The number of rotatable bonds is 3. The Bertz CT molecular complexity index is 531. The molecule has 4 nitrogen and oxygen atoms in total. The number of hydrogen-bond acceptors (Lipinski definition) is 4. The lowest BCUT2D eigenvalue weighted by Gasteiger charge is -2.06. The number of ether oxygens (including phenoxy) is 1. The molecule has 0 aromatic carbocycles. The number of nitrogens with zero attached hydrogens (tertiary/aromatic N) is 3. The molecule has 0 saturated carbocycles.